The molecule has 2 saturated carbocycles. The predicted octanol–water partition coefficient (Wildman–Crippen LogP) is 1.26. The van der Waals surface area contributed by atoms with Gasteiger partial charge in [-0.05, 0) is 31.1 Å². The van der Waals surface area contributed by atoms with Crippen LogP contribution in [0.5, 0.6) is 0 Å². The molecule has 20 heavy (non-hydrogen) atoms. The number of nitrogen functional groups attached to an aromatic ring is 1. The molecule has 0 saturated heterocycles. The zero-order valence-corrected chi connectivity index (χ0v) is 12.2. The van der Waals surface area contributed by atoms with E-state index in [0.29, 0.717) is 19.0 Å². The second-order valence-corrected chi connectivity index (χ2v) is 7.75. The van der Waals surface area contributed by atoms with E-state index in [2.05, 4.69) is 9.97 Å². The van der Waals surface area contributed by atoms with E-state index in [1.165, 1.54) is 25.2 Å². The predicted molar refractivity (Wildman–Crippen MR) is 75.3 cm³/mol. The molecule has 0 radical (unpaired) electrons. The standard InChI is InChI=1S/C13H20N4O2S/c14-13-15-7-12(8-16-13)20(18,19)17(9-11-3-4-11)6-5-10-1-2-10/h7-8,10-11H,1-6,9H2,(H2,14,15,16). The minimum Gasteiger partial charge on any atom is -0.368 e. The van der Waals surface area contributed by atoms with Crippen LogP contribution < -0.4 is 5.73 Å². The van der Waals surface area contributed by atoms with Gasteiger partial charge in [-0.2, -0.15) is 4.31 Å². The third-order valence-electron chi connectivity index (χ3n) is 3.93. The van der Waals surface area contributed by atoms with Crippen LogP contribution in [0.25, 0.3) is 0 Å². The van der Waals surface area contributed by atoms with Crippen LogP contribution in [-0.4, -0.2) is 35.8 Å². The number of hydrogen-bond acceptors (Lipinski definition) is 5. The normalized spacial score (nSPS) is 19.4. The average Bonchev–Trinajstić information content (AvgIpc) is 3.29. The first-order chi connectivity index (χ1) is 9.55. The van der Waals surface area contributed by atoms with Crippen molar-refractivity contribution in [3.05, 3.63) is 12.4 Å². The van der Waals surface area contributed by atoms with Crippen LogP contribution in [0.1, 0.15) is 32.1 Å². The molecule has 3 rings (SSSR count). The third-order valence-corrected chi connectivity index (χ3v) is 5.75. The van der Waals surface area contributed by atoms with Gasteiger partial charge in [-0.1, -0.05) is 12.8 Å². The Morgan fingerprint density at radius 1 is 1.15 bits per heavy atom. The monoisotopic (exact) mass is 296 g/mol. The number of rotatable bonds is 7. The maximum absolute atomic E-state index is 12.6. The van der Waals surface area contributed by atoms with E-state index < -0.39 is 10.0 Å². The highest BCUT2D eigenvalue weighted by atomic mass is 32.2. The number of nitrogens with two attached hydrogens (primary N) is 1. The molecule has 2 N–H and O–H groups in total. The van der Waals surface area contributed by atoms with Gasteiger partial charge in [0.2, 0.25) is 16.0 Å². The van der Waals surface area contributed by atoms with Crippen LogP contribution in [0.4, 0.5) is 5.95 Å². The molecule has 7 heteroatoms. The summed E-state index contributed by atoms with van der Waals surface area (Å²) in [6.45, 7) is 1.23. The summed E-state index contributed by atoms with van der Waals surface area (Å²) in [5.74, 6) is 1.34. The lowest BCUT2D eigenvalue weighted by Gasteiger charge is -2.21. The van der Waals surface area contributed by atoms with Gasteiger partial charge in [0.05, 0.1) is 12.4 Å². The highest BCUT2D eigenvalue weighted by molar-refractivity contribution is 7.89. The summed E-state index contributed by atoms with van der Waals surface area (Å²) in [5.41, 5.74) is 5.41. The topological polar surface area (TPSA) is 89.2 Å². The fourth-order valence-electron chi connectivity index (χ4n) is 2.24. The number of anilines is 1. The Kier molecular flexibility index (Phi) is 3.64. The van der Waals surface area contributed by atoms with Crippen molar-refractivity contribution in [3.8, 4) is 0 Å². The highest BCUT2D eigenvalue weighted by Crippen LogP contribution is 2.35. The van der Waals surface area contributed by atoms with Crippen molar-refractivity contribution < 1.29 is 8.42 Å². The van der Waals surface area contributed by atoms with Crippen LogP contribution in [0.3, 0.4) is 0 Å². The van der Waals surface area contributed by atoms with E-state index in [0.717, 1.165) is 25.2 Å². The first-order valence-corrected chi connectivity index (χ1v) is 8.57. The summed E-state index contributed by atoms with van der Waals surface area (Å²) < 4.78 is 26.9. The van der Waals surface area contributed by atoms with Crippen LogP contribution >= 0.6 is 0 Å². The van der Waals surface area contributed by atoms with Crippen molar-refractivity contribution in [3.63, 3.8) is 0 Å². The van der Waals surface area contributed by atoms with Crippen molar-refractivity contribution >= 4 is 16.0 Å². The molecule has 0 spiro atoms. The summed E-state index contributed by atoms with van der Waals surface area (Å²) in [4.78, 5) is 7.72. The number of aromatic nitrogens is 2. The first-order valence-electron chi connectivity index (χ1n) is 7.13. The second-order valence-electron chi connectivity index (χ2n) is 5.82. The lowest BCUT2D eigenvalue weighted by molar-refractivity contribution is 0.382. The van der Waals surface area contributed by atoms with E-state index in [9.17, 15) is 8.42 Å². The van der Waals surface area contributed by atoms with Gasteiger partial charge in [-0.3, -0.25) is 0 Å². The first kappa shape index (κ1) is 13.8. The molecule has 0 amide bonds. The number of hydrogen-bond donors (Lipinski definition) is 1. The fourth-order valence-corrected chi connectivity index (χ4v) is 3.66. The van der Waals surface area contributed by atoms with Crippen LogP contribution in [-0.2, 0) is 10.0 Å². The molecule has 0 aromatic carbocycles. The molecule has 2 aliphatic rings. The largest absolute Gasteiger partial charge is 0.368 e. The molecule has 2 fully saturated rings. The minimum atomic E-state index is -3.49. The maximum Gasteiger partial charge on any atom is 0.246 e. The summed E-state index contributed by atoms with van der Waals surface area (Å²) in [5, 5.41) is 0. The summed E-state index contributed by atoms with van der Waals surface area (Å²) >= 11 is 0. The maximum atomic E-state index is 12.6. The Hall–Kier alpha value is -1.21. The Morgan fingerprint density at radius 2 is 1.75 bits per heavy atom. The van der Waals surface area contributed by atoms with Crippen LogP contribution in [0.15, 0.2) is 17.3 Å². The van der Waals surface area contributed by atoms with Crippen molar-refractivity contribution in [1.82, 2.24) is 14.3 Å². The van der Waals surface area contributed by atoms with E-state index >= 15 is 0 Å². The highest BCUT2D eigenvalue weighted by Gasteiger charge is 2.33. The molecular formula is C13H20N4O2S. The van der Waals surface area contributed by atoms with Crippen molar-refractivity contribution in [2.75, 3.05) is 18.8 Å². The Morgan fingerprint density at radius 3 is 2.30 bits per heavy atom. The van der Waals surface area contributed by atoms with Gasteiger partial charge in [0, 0.05) is 13.1 Å². The van der Waals surface area contributed by atoms with E-state index in [1.54, 1.807) is 4.31 Å². The molecule has 110 valence electrons. The molecule has 6 nitrogen and oxygen atoms in total. The second kappa shape index (κ2) is 5.29. The van der Waals surface area contributed by atoms with Gasteiger partial charge in [0.15, 0.2) is 0 Å². The molecule has 1 aromatic heterocycles. The SMILES string of the molecule is Nc1ncc(S(=O)(=O)N(CCC2CC2)CC2CC2)cn1. The molecular weight excluding hydrogens is 276 g/mol. The Balaban J connectivity index is 1.76. The molecule has 1 heterocycles. The summed E-state index contributed by atoms with van der Waals surface area (Å²) in [6, 6.07) is 0. The number of sulfonamides is 1. The van der Waals surface area contributed by atoms with Crippen molar-refractivity contribution in [2.24, 2.45) is 11.8 Å². The average molecular weight is 296 g/mol. The van der Waals surface area contributed by atoms with E-state index in [-0.39, 0.29) is 10.8 Å². The molecule has 0 unspecified atom stereocenters. The van der Waals surface area contributed by atoms with Crippen LogP contribution in [0.2, 0.25) is 0 Å². The van der Waals surface area contributed by atoms with Gasteiger partial charge in [0.25, 0.3) is 0 Å². The Labute approximate surface area is 119 Å². The summed E-state index contributed by atoms with van der Waals surface area (Å²) in [6.07, 6.45) is 8.30. The molecule has 0 aliphatic heterocycles. The van der Waals surface area contributed by atoms with Crippen molar-refractivity contribution in [1.29, 1.82) is 0 Å². The fraction of sp³-hybridized carbons (Fsp3) is 0.692. The molecule has 0 atom stereocenters. The van der Waals surface area contributed by atoms with Gasteiger partial charge < -0.3 is 5.73 Å². The molecule has 2 aliphatic carbocycles. The quantitative estimate of drug-likeness (QED) is 0.818. The van der Waals surface area contributed by atoms with Gasteiger partial charge >= 0.3 is 0 Å². The minimum absolute atomic E-state index is 0.0932. The lowest BCUT2D eigenvalue weighted by atomic mass is 10.3. The van der Waals surface area contributed by atoms with Gasteiger partial charge in [-0.25, -0.2) is 18.4 Å². The van der Waals surface area contributed by atoms with Crippen LogP contribution in [0, 0.1) is 11.8 Å². The lowest BCUT2D eigenvalue weighted by Crippen LogP contribution is -2.34. The van der Waals surface area contributed by atoms with Crippen molar-refractivity contribution in [2.45, 2.75) is 37.0 Å². The number of nitrogens with zero attached hydrogens (tertiary/aromatic N) is 3. The Bertz CT molecular complexity index is 565. The molecule has 1 aromatic rings. The zero-order chi connectivity index (χ0) is 14.2. The van der Waals surface area contributed by atoms with E-state index in [4.69, 9.17) is 5.73 Å². The summed E-state index contributed by atoms with van der Waals surface area (Å²) in [7, 11) is -3.49. The van der Waals surface area contributed by atoms with Gasteiger partial charge in [0.1, 0.15) is 4.90 Å². The smallest absolute Gasteiger partial charge is 0.246 e. The molecule has 0 bridgehead atoms. The zero-order valence-electron chi connectivity index (χ0n) is 11.4. The van der Waals surface area contributed by atoms with E-state index in [1.807, 2.05) is 0 Å². The third kappa shape index (κ3) is 3.27. The van der Waals surface area contributed by atoms with Gasteiger partial charge in [-0.15, -0.1) is 0 Å².